The Morgan fingerprint density at radius 2 is 0.833 bits per heavy atom. The van der Waals surface area contributed by atoms with Crippen LogP contribution in [0.2, 0.25) is 0 Å². The Bertz CT molecular complexity index is 669. The third-order valence-electron chi connectivity index (χ3n) is 4.47. The van der Waals surface area contributed by atoms with E-state index >= 15 is 0 Å². The van der Waals surface area contributed by atoms with E-state index in [-0.39, 0.29) is 0 Å². The first kappa shape index (κ1) is 16.4. The minimum Gasteiger partial charge on any atom is -0.308 e. The molecule has 2 atom stereocenters. The number of hydrogen-bond acceptors (Lipinski definition) is 0. The maximum Gasteiger partial charge on any atom is 0.130 e. The van der Waals surface area contributed by atoms with E-state index in [9.17, 15) is 0 Å². The first-order valence-electron chi connectivity index (χ1n) is 8.62. The highest BCUT2D eigenvalue weighted by molar-refractivity contribution is 5.39. The van der Waals surface area contributed by atoms with Gasteiger partial charge in [-0.15, -0.1) is 0 Å². The van der Waals surface area contributed by atoms with Crippen molar-refractivity contribution in [2.45, 2.75) is 25.9 Å². The number of rotatable bonds is 6. The van der Waals surface area contributed by atoms with Gasteiger partial charge in [0.25, 0.3) is 0 Å². The highest BCUT2D eigenvalue weighted by Crippen LogP contribution is 2.13. The molecule has 3 rings (SSSR count). The zero-order valence-corrected chi connectivity index (χ0v) is 14.4. The maximum absolute atomic E-state index is 2.32. The average molecular weight is 318 g/mol. The van der Waals surface area contributed by atoms with Gasteiger partial charge in [0.15, 0.2) is 0 Å². The average Bonchev–Trinajstić information content (AvgIpc) is 2.65. The fourth-order valence-electron chi connectivity index (χ4n) is 3.00. The smallest absolute Gasteiger partial charge is 0.130 e. The highest BCUT2D eigenvalue weighted by Gasteiger charge is 2.12. The van der Waals surface area contributed by atoms with Crippen molar-refractivity contribution in [1.29, 1.82) is 0 Å². The molecule has 0 saturated heterocycles. The maximum atomic E-state index is 2.32. The third kappa shape index (κ3) is 4.31. The van der Waals surface area contributed by atoms with Crippen LogP contribution in [0, 0.1) is 0 Å². The molecule has 0 aliphatic carbocycles. The van der Waals surface area contributed by atoms with Gasteiger partial charge in [0.2, 0.25) is 0 Å². The molecule has 0 saturated carbocycles. The van der Waals surface area contributed by atoms with Crippen molar-refractivity contribution in [1.82, 2.24) is 0 Å². The molecule has 3 aromatic rings. The Balaban J connectivity index is 1.61. The summed E-state index contributed by atoms with van der Waals surface area (Å²) in [5.41, 5.74) is 5.25. The van der Waals surface area contributed by atoms with Gasteiger partial charge >= 0.3 is 0 Å². The van der Waals surface area contributed by atoms with E-state index in [0.29, 0.717) is 12.1 Å². The van der Waals surface area contributed by atoms with E-state index in [1.807, 2.05) is 0 Å². The van der Waals surface area contributed by atoms with Crippen LogP contribution >= 0.6 is 0 Å². The van der Waals surface area contributed by atoms with Crippen LogP contribution < -0.4 is 10.6 Å². The van der Waals surface area contributed by atoms with Gasteiger partial charge in [0, 0.05) is 35.4 Å². The Hall–Kier alpha value is -2.42. The lowest BCUT2D eigenvalue weighted by atomic mass is 10.1. The standard InChI is InChI=1S/C22H24N2/c1-17(19-9-5-3-6-10-19)23-21-13-15-22(16-14-21)24-18(2)20-11-7-4-8-12-20/h3-18,23-24H,1-2H3/p+2/t17-,18-/m1/s1. The van der Waals surface area contributed by atoms with E-state index in [2.05, 4.69) is 109 Å². The van der Waals surface area contributed by atoms with Crippen molar-refractivity contribution in [2.24, 2.45) is 0 Å². The Morgan fingerprint density at radius 3 is 1.17 bits per heavy atom. The molecule has 0 radical (unpaired) electrons. The molecular formula is C22H26N2+2. The second-order valence-electron chi connectivity index (χ2n) is 6.40. The van der Waals surface area contributed by atoms with Gasteiger partial charge < -0.3 is 10.6 Å². The molecule has 2 nitrogen and oxygen atoms in total. The topological polar surface area (TPSA) is 33.2 Å². The largest absolute Gasteiger partial charge is 0.308 e. The monoisotopic (exact) mass is 318 g/mol. The second kappa shape index (κ2) is 7.91. The minimum atomic E-state index is 0.421. The van der Waals surface area contributed by atoms with Gasteiger partial charge in [-0.05, 0) is 13.8 Å². The van der Waals surface area contributed by atoms with Gasteiger partial charge in [-0.1, -0.05) is 60.7 Å². The highest BCUT2D eigenvalue weighted by atomic mass is 14.9. The van der Waals surface area contributed by atoms with E-state index in [4.69, 9.17) is 0 Å². The molecule has 0 unspecified atom stereocenters. The van der Waals surface area contributed by atoms with Crippen molar-refractivity contribution in [2.75, 3.05) is 0 Å². The molecule has 0 aliphatic heterocycles. The first-order chi connectivity index (χ1) is 11.7. The molecule has 0 spiro atoms. The first-order valence-corrected chi connectivity index (χ1v) is 8.62. The molecule has 0 aliphatic rings. The van der Waals surface area contributed by atoms with Crippen LogP contribution in [-0.2, 0) is 0 Å². The van der Waals surface area contributed by atoms with Crippen LogP contribution in [-0.4, -0.2) is 0 Å². The molecule has 4 N–H and O–H groups in total. The second-order valence-corrected chi connectivity index (χ2v) is 6.40. The van der Waals surface area contributed by atoms with Crippen molar-refractivity contribution in [3.63, 3.8) is 0 Å². The number of benzene rings is 3. The molecule has 0 fully saturated rings. The molecule has 0 bridgehead atoms. The number of hydrogen-bond donors (Lipinski definition) is 2. The molecule has 2 heteroatoms. The van der Waals surface area contributed by atoms with Gasteiger partial charge in [0.05, 0.1) is 0 Å². The van der Waals surface area contributed by atoms with Crippen LogP contribution in [0.25, 0.3) is 0 Å². The van der Waals surface area contributed by atoms with Gasteiger partial charge in [-0.3, -0.25) is 0 Å². The Labute approximate surface area is 144 Å². The summed E-state index contributed by atoms with van der Waals surface area (Å²) in [7, 11) is 0. The lowest BCUT2D eigenvalue weighted by molar-refractivity contribution is -0.617. The summed E-state index contributed by atoms with van der Waals surface area (Å²) in [6.45, 7) is 4.49. The fourth-order valence-corrected chi connectivity index (χ4v) is 3.00. The number of quaternary nitrogens is 2. The summed E-state index contributed by atoms with van der Waals surface area (Å²) in [6, 6.07) is 31.0. The van der Waals surface area contributed by atoms with Gasteiger partial charge in [-0.2, -0.15) is 0 Å². The summed E-state index contributed by atoms with van der Waals surface area (Å²) in [6.07, 6.45) is 0. The third-order valence-corrected chi connectivity index (χ3v) is 4.47. The summed E-state index contributed by atoms with van der Waals surface area (Å²) < 4.78 is 0. The summed E-state index contributed by atoms with van der Waals surface area (Å²) in [5, 5.41) is 4.64. The van der Waals surface area contributed by atoms with E-state index in [1.54, 1.807) is 0 Å². The minimum absolute atomic E-state index is 0.421. The molecule has 0 heterocycles. The molecule has 24 heavy (non-hydrogen) atoms. The zero-order chi connectivity index (χ0) is 16.8. The van der Waals surface area contributed by atoms with Crippen molar-refractivity contribution >= 4 is 11.4 Å². The van der Waals surface area contributed by atoms with E-state index in [0.717, 1.165) is 0 Å². The lowest BCUT2D eigenvalue weighted by Gasteiger charge is -2.12. The van der Waals surface area contributed by atoms with Crippen LogP contribution in [0.3, 0.4) is 0 Å². The predicted molar refractivity (Wildman–Crippen MR) is 99.3 cm³/mol. The normalized spacial score (nSPS) is 13.4. The molecule has 0 amide bonds. The van der Waals surface area contributed by atoms with Crippen LogP contribution in [0.4, 0.5) is 11.4 Å². The van der Waals surface area contributed by atoms with Crippen molar-refractivity contribution in [3.05, 3.63) is 96.1 Å². The summed E-state index contributed by atoms with van der Waals surface area (Å²) in [4.78, 5) is 0. The lowest BCUT2D eigenvalue weighted by Crippen LogP contribution is -2.79. The quantitative estimate of drug-likeness (QED) is 0.651. The van der Waals surface area contributed by atoms with Crippen LogP contribution in [0.5, 0.6) is 0 Å². The van der Waals surface area contributed by atoms with Gasteiger partial charge in [0.1, 0.15) is 23.5 Å². The number of nitrogens with two attached hydrogens (primary N) is 2. The zero-order valence-electron chi connectivity index (χ0n) is 14.4. The fraction of sp³-hybridized carbons (Fsp3) is 0.182. The van der Waals surface area contributed by atoms with Gasteiger partial charge in [-0.25, -0.2) is 0 Å². The summed E-state index contributed by atoms with van der Waals surface area (Å²) in [5.74, 6) is 0. The van der Waals surface area contributed by atoms with E-state index in [1.165, 1.54) is 22.5 Å². The van der Waals surface area contributed by atoms with E-state index < -0.39 is 0 Å². The Morgan fingerprint density at radius 1 is 0.500 bits per heavy atom. The summed E-state index contributed by atoms with van der Waals surface area (Å²) >= 11 is 0. The van der Waals surface area contributed by atoms with Crippen LogP contribution in [0.1, 0.15) is 37.1 Å². The Kier molecular flexibility index (Phi) is 5.42. The van der Waals surface area contributed by atoms with Crippen molar-refractivity contribution < 1.29 is 10.6 Å². The van der Waals surface area contributed by atoms with Crippen molar-refractivity contribution in [3.8, 4) is 0 Å². The predicted octanol–water partition coefficient (Wildman–Crippen LogP) is 3.60. The molecular weight excluding hydrogens is 292 g/mol. The SMILES string of the molecule is C[C@@H]([NH2+]c1ccc([NH2+][C@H](C)c2ccccc2)cc1)c1ccccc1. The molecule has 3 aromatic carbocycles. The molecule has 0 aromatic heterocycles. The van der Waals surface area contributed by atoms with Crippen LogP contribution in [0.15, 0.2) is 84.9 Å². The molecule has 122 valence electrons.